The second-order valence-electron chi connectivity index (χ2n) is 6.01. The number of hydrogen-bond donors (Lipinski definition) is 1. The molecular weight excluding hydrogens is 326 g/mol. The molecule has 25 heavy (non-hydrogen) atoms. The van der Waals surface area contributed by atoms with Gasteiger partial charge in [-0.1, -0.05) is 19.0 Å². The van der Waals surface area contributed by atoms with Crippen molar-refractivity contribution in [1.29, 1.82) is 0 Å². The minimum atomic E-state index is -0.590. The van der Waals surface area contributed by atoms with Crippen molar-refractivity contribution in [3.63, 3.8) is 0 Å². The first kappa shape index (κ1) is 16.8. The summed E-state index contributed by atoms with van der Waals surface area (Å²) in [5.41, 5.74) is 0.881. The average Bonchev–Trinajstić information content (AvgIpc) is 2.93. The smallest absolute Gasteiger partial charge is 0.344 e. The Morgan fingerprint density at radius 2 is 2.08 bits per heavy atom. The lowest BCUT2D eigenvalue weighted by atomic mass is 10.1. The summed E-state index contributed by atoms with van der Waals surface area (Å²) < 4.78 is 15.6. The first-order chi connectivity index (χ1) is 11.9. The summed E-state index contributed by atoms with van der Waals surface area (Å²) in [5.74, 6) is -0.143. The highest BCUT2D eigenvalue weighted by Crippen LogP contribution is 2.25. The minimum Gasteiger partial charge on any atom is -0.508 e. The van der Waals surface area contributed by atoms with Crippen molar-refractivity contribution in [2.75, 3.05) is 0 Å². The van der Waals surface area contributed by atoms with Gasteiger partial charge in [-0.15, -0.1) is 0 Å². The number of aromatic hydroxyl groups is 1. The zero-order chi connectivity index (χ0) is 18.1. The number of aromatic nitrogens is 1. The van der Waals surface area contributed by atoms with Crippen LogP contribution in [0.5, 0.6) is 5.75 Å². The molecular formula is C18H17NO6. The lowest BCUT2D eigenvalue weighted by Crippen LogP contribution is -2.10. The summed E-state index contributed by atoms with van der Waals surface area (Å²) in [4.78, 5) is 24.1. The number of esters is 1. The van der Waals surface area contributed by atoms with Crippen LogP contribution in [-0.2, 0) is 11.3 Å². The fourth-order valence-corrected chi connectivity index (χ4v) is 2.58. The molecule has 130 valence electrons. The van der Waals surface area contributed by atoms with Crippen molar-refractivity contribution < 1.29 is 23.6 Å². The molecule has 7 nitrogen and oxygen atoms in total. The topological polar surface area (TPSA) is 103 Å². The van der Waals surface area contributed by atoms with Crippen LogP contribution in [0.2, 0.25) is 0 Å². The number of aryl methyl sites for hydroxylation is 1. The molecule has 1 aromatic carbocycles. The van der Waals surface area contributed by atoms with Crippen LogP contribution in [0, 0.1) is 6.92 Å². The van der Waals surface area contributed by atoms with E-state index in [9.17, 15) is 14.7 Å². The molecule has 2 heterocycles. The Labute approximate surface area is 142 Å². The van der Waals surface area contributed by atoms with E-state index in [0.717, 1.165) is 0 Å². The molecule has 0 aliphatic carbocycles. The first-order valence-corrected chi connectivity index (χ1v) is 7.76. The number of carbonyl (C=O) groups excluding carboxylic acids is 1. The van der Waals surface area contributed by atoms with Gasteiger partial charge in [0.1, 0.15) is 23.5 Å². The lowest BCUT2D eigenvalue weighted by molar-refractivity contribution is 0.0470. The molecule has 7 heteroatoms. The third kappa shape index (κ3) is 3.26. The molecule has 0 aliphatic rings. The van der Waals surface area contributed by atoms with Crippen LogP contribution in [-0.4, -0.2) is 16.2 Å². The molecule has 0 bridgehead atoms. The van der Waals surface area contributed by atoms with Crippen LogP contribution >= 0.6 is 0 Å². The van der Waals surface area contributed by atoms with Crippen LogP contribution in [0.25, 0.3) is 11.0 Å². The second kappa shape index (κ2) is 6.43. The average molecular weight is 343 g/mol. The predicted octanol–water partition coefficient (Wildman–Crippen LogP) is 3.28. The highest BCUT2D eigenvalue weighted by Gasteiger charge is 2.24. The van der Waals surface area contributed by atoms with E-state index >= 15 is 0 Å². The minimum absolute atomic E-state index is 0.0173. The molecule has 2 aromatic heterocycles. The van der Waals surface area contributed by atoms with Gasteiger partial charge in [-0.25, -0.2) is 9.59 Å². The van der Waals surface area contributed by atoms with Gasteiger partial charge in [-0.05, 0) is 19.1 Å². The summed E-state index contributed by atoms with van der Waals surface area (Å²) >= 11 is 0. The van der Waals surface area contributed by atoms with Crippen LogP contribution in [0.15, 0.2) is 38.0 Å². The summed E-state index contributed by atoms with van der Waals surface area (Å²) in [6.07, 6.45) is 0. The Bertz CT molecular complexity index is 998. The molecule has 1 N–H and O–H groups in total. The number of benzene rings is 1. The van der Waals surface area contributed by atoms with E-state index in [1.807, 2.05) is 13.8 Å². The van der Waals surface area contributed by atoms with Gasteiger partial charge in [0.15, 0.2) is 5.76 Å². The van der Waals surface area contributed by atoms with E-state index in [0.29, 0.717) is 28.0 Å². The van der Waals surface area contributed by atoms with Crippen molar-refractivity contribution >= 4 is 16.9 Å². The van der Waals surface area contributed by atoms with Crippen molar-refractivity contribution in [2.45, 2.75) is 33.3 Å². The number of nitrogens with zero attached hydrogens (tertiary/aromatic N) is 1. The van der Waals surface area contributed by atoms with Crippen LogP contribution in [0.4, 0.5) is 0 Å². The molecule has 3 rings (SSSR count). The van der Waals surface area contributed by atoms with Crippen molar-refractivity contribution in [3.05, 3.63) is 57.3 Å². The molecule has 0 radical (unpaired) electrons. The first-order valence-electron chi connectivity index (χ1n) is 7.76. The Morgan fingerprint density at radius 1 is 1.32 bits per heavy atom. The zero-order valence-corrected chi connectivity index (χ0v) is 14.0. The highest BCUT2D eigenvalue weighted by atomic mass is 16.5. The van der Waals surface area contributed by atoms with E-state index < -0.39 is 11.6 Å². The molecule has 0 spiro atoms. The standard InChI is InChI=1S/C18H17NO6/c1-9(2)17-16(10(3)19-25-17)18(22)23-8-11-6-15(21)24-14-7-12(20)4-5-13(11)14/h4-7,9,20H,8H2,1-3H3. The zero-order valence-electron chi connectivity index (χ0n) is 14.0. The SMILES string of the molecule is Cc1noc(C(C)C)c1C(=O)OCc1cc(=O)oc2cc(O)ccc12. The molecule has 0 unspecified atom stereocenters. The van der Waals surface area contributed by atoms with Gasteiger partial charge in [0.05, 0.1) is 5.69 Å². The summed E-state index contributed by atoms with van der Waals surface area (Å²) in [6, 6.07) is 5.66. The summed E-state index contributed by atoms with van der Waals surface area (Å²) in [5, 5.41) is 13.9. The van der Waals surface area contributed by atoms with Crippen molar-refractivity contribution in [1.82, 2.24) is 5.16 Å². The molecule has 0 fully saturated rings. The van der Waals surface area contributed by atoms with E-state index in [4.69, 9.17) is 13.7 Å². The maximum Gasteiger partial charge on any atom is 0.344 e. The van der Waals surface area contributed by atoms with Crippen molar-refractivity contribution in [2.24, 2.45) is 0 Å². The second-order valence-corrected chi connectivity index (χ2v) is 6.01. The highest BCUT2D eigenvalue weighted by molar-refractivity contribution is 5.92. The quantitative estimate of drug-likeness (QED) is 0.573. The van der Waals surface area contributed by atoms with Gasteiger partial charge in [0.2, 0.25) is 0 Å². The summed E-state index contributed by atoms with van der Waals surface area (Å²) in [6.45, 7) is 5.33. The Balaban J connectivity index is 1.90. The third-order valence-electron chi connectivity index (χ3n) is 3.79. The van der Waals surface area contributed by atoms with E-state index in [2.05, 4.69) is 5.16 Å². The summed E-state index contributed by atoms with van der Waals surface area (Å²) in [7, 11) is 0. The molecule has 0 amide bonds. The number of fused-ring (bicyclic) bond motifs is 1. The molecule has 3 aromatic rings. The molecule has 0 aliphatic heterocycles. The van der Waals surface area contributed by atoms with Gasteiger partial charge < -0.3 is 18.8 Å². The molecule has 0 saturated carbocycles. The monoisotopic (exact) mass is 343 g/mol. The van der Waals surface area contributed by atoms with Gasteiger partial charge >= 0.3 is 11.6 Å². The van der Waals surface area contributed by atoms with Crippen molar-refractivity contribution in [3.8, 4) is 5.75 Å². The number of ether oxygens (including phenoxy) is 1. The van der Waals surface area contributed by atoms with Gasteiger partial charge in [-0.2, -0.15) is 0 Å². The Hall–Kier alpha value is -3.09. The number of rotatable bonds is 4. The van der Waals surface area contributed by atoms with Crippen LogP contribution < -0.4 is 5.63 Å². The largest absolute Gasteiger partial charge is 0.508 e. The van der Waals surface area contributed by atoms with Gasteiger partial charge in [0.25, 0.3) is 0 Å². The normalized spacial score (nSPS) is 11.2. The fraction of sp³-hybridized carbons (Fsp3) is 0.278. The number of hydrogen-bond acceptors (Lipinski definition) is 7. The van der Waals surface area contributed by atoms with Crippen LogP contribution in [0.1, 0.15) is 47.1 Å². The lowest BCUT2D eigenvalue weighted by Gasteiger charge is -2.08. The van der Waals surface area contributed by atoms with Crippen LogP contribution in [0.3, 0.4) is 0 Å². The predicted molar refractivity (Wildman–Crippen MR) is 88.6 cm³/mol. The van der Waals surface area contributed by atoms with E-state index in [1.54, 1.807) is 13.0 Å². The Kier molecular flexibility index (Phi) is 4.31. The number of carbonyl (C=O) groups is 1. The number of phenolic OH excluding ortho intramolecular Hbond substituents is 1. The Morgan fingerprint density at radius 3 is 2.80 bits per heavy atom. The molecule has 0 saturated heterocycles. The number of phenols is 1. The van der Waals surface area contributed by atoms with E-state index in [-0.39, 0.29) is 23.9 Å². The van der Waals surface area contributed by atoms with E-state index in [1.165, 1.54) is 18.2 Å². The fourth-order valence-electron chi connectivity index (χ4n) is 2.58. The van der Waals surface area contributed by atoms with Gasteiger partial charge in [0, 0.05) is 29.0 Å². The van der Waals surface area contributed by atoms with Gasteiger partial charge in [-0.3, -0.25) is 0 Å². The maximum absolute atomic E-state index is 12.4. The maximum atomic E-state index is 12.4. The third-order valence-corrected chi connectivity index (χ3v) is 3.79. The molecule has 0 atom stereocenters.